The molecule has 2 rings (SSSR count). The molecule has 4 nitrogen and oxygen atoms in total. The van der Waals surface area contributed by atoms with Crippen molar-refractivity contribution in [2.45, 2.75) is 13.8 Å². The van der Waals surface area contributed by atoms with Crippen LogP contribution < -0.4 is 11.1 Å². The Labute approximate surface area is 116 Å². The van der Waals surface area contributed by atoms with E-state index in [9.17, 15) is 4.79 Å². The Bertz CT molecular complexity index is 620. The number of pyridine rings is 1. The number of nitrogens with one attached hydrogen (secondary N) is 1. The number of carbonyl (C=O) groups is 1. The Morgan fingerprint density at radius 1 is 1.32 bits per heavy atom. The Kier molecular flexibility index (Phi) is 3.71. The second-order valence-electron chi connectivity index (χ2n) is 4.34. The van der Waals surface area contributed by atoms with E-state index in [-0.39, 0.29) is 11.1 Å². The lowest BCUT2D eigenvalue weighted by Gasteiger charge is -2.11. The van der Waals surface area contributed by atoms with Gasteiger partial charge in [-0.2, -0.15) is 0 Å². The molecule has 19 heavy (non-hydrogen) atoms. The van der Waals surface area contributed by atoms with E-state index in [0.717, 1.165) is 11.1 Å². The summed E-state index contributed by atoms with van der Waals surface area (Å²) in [6, 6.07) is 7.09. The summed E-state index contributed by atoms with van der Waals surface area (Å²) in [6.45, 7) is 3.75. The fraction of sp³-hybridized carbons (Fsp3) is 0.143. The lowest BCUT2D eigenvalue weighted by molar-refractivity contribution is 0.102. The molecule has 2 aromatic rings. The Hall–Kier alpha value is -2.07. The summed E-state index contributed by atoms with van der Waals surface area (Å²) in [5, 5.41) is 3.01. The number of halogens is 1. The number of anilines is 2. The summed E-state index contributed by atoms with van der Waals surface area (Å²) in [7, 11) is 0. The number of carbonyl (C=O) groups excluding carboxylic acids is 1. The van der Waals surface area contributed by atoms with Crippen LogP contribution in [0.2, 0.25) is 5.15 Å². The fourth-order valence-corrected chi connectivity index (χ4v) is 1.98. The molecule has 0 aliphatic rings. The normalized spacial score (nSPS) is 10.3. The molecular formula is C14H14ClN3O. The van der Waals surface area contributed by atoms with E-state index in [2.05, 4.69) is 10.3 Å². The van der Waals surface area contributed by atoms with Gasteiger partial charge in [-0.3, -0.25) is 4.79 Å². The second-order valence-corrected chi connectivity index (χ2v) is 4.70. The van der Waals surface area contributed by atoms with Crippen molar-refractivity contribution in [1.29, 1.82) is 0 Å². The minimum absolute atomic E-state index is 0.263. The van der Waals surface area contributed by atoms with Crippen molar-refractivity contribution in [3.8, 4) is 0 Å². The van der Waals surface area contributed by atoms with Crippen LogP contribution in [-0.2, 0) is 0 Å². The zero-order chi connectivity index (χ0) is 14.0. The molecule has 5 heteroatoms. The molecule has 1 aromatic carbocycles. The molecule has 1 aromatic heterocycles. The monoisotopic (exact) mass is 275 g/mol. The van der Waals surface area contributed by atoms with Gasteiger partial charge in [-0.05, 0) is 37.6 Å². The largest absolute Gasteiger partial charge is 0.398 e. The predicted molar refractivity (Wildman–Crippen MR) is 77.5 cm³/mol. The number of aromatic nitrogens is 1. The third-order valence-electron chi connectivity index (χ3n) is 2.81. The van der Waals surface area contributed by atoms with Gasteiger partial charge in [-0.25, -0.2) is 4.98 Å². The Balaban J connectivity index is 2.34. The molecule has 3 N–H and O–H groups in total. The quantitative estimate of drug-likeness (QED) is 0.653. The van der Waals surface area contributed by atoms with E-state index in [4.69, 9.17) is 17.3 Å². The van der Waals surface area contributed by atoms with Crippen LogP contribution in [0.15, 0.2) is 30.5 Å². The lowest BCUT2D eigenvalue weighted by atomic mass is 10.1. The highest BCUT2D eigenvalue weighted by molar-refractivity contribution is 6.33. The molecular weight excluding hydrogens is 262 g/mol. The van der Waals surface area contributed by atoms with Gasteiger partial charge in [0.05, 0.1) is 11.3 Å². The van der Waals surface area contributed by atoms with E-state index in [1.807, 2.05) is 19.9 Å². The van der Waals surface area contributed by atoms with Crippen molar-refractivity contribution in [2.75, 3.05) is 11.1 Å². The molecule has 0 radical (unpaired) electrons. The SMILES string of the molecule is Cc1ccc(N)c(C(=O)Nc2c(C)ccnc2Cl)c1. The maximum atomic E-state index is 12.2. The van der Waals surface area contributed by atoms with Crippen LogP contribution in [-0.4, -0.2) is 10.9 Å². The van der Waals surface area contributed by atoms with Crippen LogP contribution in [0.5, 0.6) is 0 Å². The van der Waals surface area contributed by atoms with Crippen molar-refractivity contribution in [3.05, 3.63) is 52.3 Å². The van der Waals surface area contributed by atoms with Crippen LogP contribution in [0.4, 0.5) is 11.4 Å². The summed E-state index contributed by atoms with van der Waals surface area (Å²) >= 11 is 5.98. The highest BCUT2D eigenvalue weighted by Gasteiger charge is 2.13. The number of hydrogen-bond acceptors (Lipinski definition) is 3. The van der Waals surface area contributed by atoms with Crippen LogP contribution >= 0.6 is 11.6 Å². The Morgan fingerprint density at radius 3 is 2.74 bits per heavy atom. The van der Waals surface area contributed by atoms with Crippen LogP contribution in [0, 0.1) is 13.8 Å². The van der Waals surface area contributed by atoms with Crippen LogP contribution in [0.3, 0.4) is 0 Å². The van der Waals surface area contributed by atoms with E-state index in [1.54, 1.807) is 24.4 Å². The standard InChI is InChI=1S/C14H14ClN3O/c1-8-3-4-11(16)10(7-8)14(19)18-12-9(2)5-6-17-13(12)15/h3-7H,16H2,1-2H3,(H,18,19). The van der Waals surface area contributed by atoms with Crippen molar-refractivity contribution in [1.82, 2.24) is 4.98 Å². The first-order valence-electron chi connectivity index (χ1n) is 5.77. The number of benzene rings is 1. The minimum atomic E-state index is -0.292. The zero-order valence-electron chi connectivity index (χ0n) is 10.7. The van der Waals surface area contributed by atoms with Gasteiger partial charge in [0.1, 0.15) is 0 Å². The lowest BCUT2D eigenvalue weighted by Crippen LogP contribution is -2.15. The molecule has 98 valence electrons. The van der Waals surface area contributed by atoms with E-state index >= 15 is 0 Å². The average molecular weight is 276 g/mol. The van der Waals surface area contributed by atoms with Gasteiger partial charge in [0.2, 0.25) is 0 Å². The van der Waals surface area contributed by atoms with Gasteiger partial charge in [-0.1, -0.05) is 23.2 Å². The van der Waals surface area contributed by atoms with Crippen molar-refractivity contribution in [3.63, 3.8) is 0 Å². The first-order valence-corrected chi connectivity index (χ1v) is 6.15. The number of nitrogens with two attached hydrogens (primary N) is 1. The second kappa shape index (κ2) is 5.28. The summed E-state index contributed by atoms with van der Waals surface area (Å²) in [5.74, 6) is -0.292. The molecule has 0 saturated carbocycles. The number of aryl methyl sites for hydroxylation is 2. The molecule has 0 aliphatic heterocycles. The summed E-state index contributed by atoms with van der Waals surface area (Å²) in [5.41, 5.74) is 8.99. The van der Waals surface area contributed by atoms with Gasteiger partial charge in [0.15, 0.2) is 5.15 Å². The summed E-state index contributed by atoms with van der Waals surface area (Å²) in [4.78, 5) is 16.2. The molecule has 0 spiro atoms. The highest BCUT2D eigenvalue weighted by Crippen LogP contribution is 2.24. The minimum Gasteiger partial charge on any atom is -0.398 e. The van der Waals surface area contributed by atoms with Crippen LogP contribution in [0.1, 0.15) is 21.5 Å². The van der Waals surface area contributed by atoms with E-state index in [1.165, 1.54) is 0 Å². The van der Waals surface area contributed by atoms with Gasteiger partial charge in [-0.15, -0.1) is 0 Å². The predicted octanol–water partition coefficient (Wildman–Crippen LogP) is 3.19. The zero-order valence-corrected chi connectivity index (χ0v) is 11.5. The fourth-order valence-electron chi connectivity index (χ4n) is 1.72. The Morgan fingerprint density at radius 2 is 2.05 bits per heavy atom. The number of rotatable bonds is 2. The molecule has 0 unspecified atom stereocenters. The van der Waals surface area contributed by atoms with Crippen molar-refractivity contribution in [2.24, 2.45) is 0 Å². The molecule has 1 heterocycles. The van der Waals surface area contributed by atoms with Crippen molar-refractivity contribution >= 4 is 28.9 Å². The topological polar surface area (TPSA) is 68.0 Å². The number of nitrogens with zero attached hydrogens (tertiary/aromatic N) is 1. The number of hydrogen-bond donors (Lipinski definition) is 2. The third kappa shape index (κ3) is 2.85. The van der Waals surface area contributed by atoms with Gasteiger partial charge < -0.3 is 11.1 Å². The van der Waals surface area contributed by atoms with E-state index in [0.29, 0.717) is 16.9 Å². The molecule has 0 fully saturated rings. The maximum Gasteiger partial charge on any atom is 0.257 e. The number of nitrogen functional groups attached to an aromatic ring is 1. The van der Waals surface area contributed by atoms with Crippen molar-refractivity contribution < 1.29 is 4.79 Å². The maximum absolute atomic E-state index is 12.2. The molecule has 0 saturated heterocycles. The van der Waals surface area contributed by atoms with Gasteiger partial charge in [0.25, 0.3) is 5.91 Å². The molecule has 0 bridgehead atoms. The molecule has 0 aliphatic carbocycles. The summed E-state index contributed by atoms with van der Waals surface area (Å²) < 4.78 is 0. The first kappa shape index (κ1) is 13.4. The smallest absolute Gasteiger partial charge is 0.257 e. The van der Waals surface area contributed by atoms with E-state index < -0.39 is 0 Å². The summed E-state index contributed by atoms with van der Waals surface area (Å²) in [6.07, 6.45) is 1.59. The first-order chi connectivity index (χ1) is 8.99. The highest BCUT2D eigenvalue weighted by atomic mass is 35.5. The molecule has 0 atom stereocenters. The third-order valence-corrected chi connectivity index (χ3v) is 3.09. The molecule has 1 amide bonds. The van der Waals surface area contributed by atoms with Gasteiger partial charge in [0, 0.05) is 11.9 Å². The average Bonchev–Trinajstić information content (AvgIpc) is 2.37. The number of amides is 1. The van der Waals surface area contributed by atoms with Gasteiger partial charge >= 0.3 is 0 Å². The van der Waals surface area contributed by atoms with Crippen LogP contribution in [0.25, 0.3) is 0 Å².